The van der Waals surface area contributed by atoms with Crippen LogP contribution in [0.25, 0.3) is 0 Å². The molecule has 5 nitrogen and oxygen atoms in total. The lowest BCUT2D eigenvalue weighted by atomic mass is 10.0. The first-order valence-electron chi connectivity index (χ1n) is 8.79. The van der Waals surface area contributed by atoms with Gasteiger partial charge >= 0.3 is 0 Å². The van der Waals surface area contributed by atoms with Gasteiger partial charge in [0, 0.05) is 10.9 Å². The van der Waals surface area contributed by atoms with Crippen LogP contribution in [0.2, 0.25) is 0 Å². The fourth-order valence-corrected chi connectivity index (χ4v) is 5.03. The number of hydrogen-bond donors (Lipinski definition) is 2. The molecule has 1 unspecified atom stereocenters. The molecule has 140 valence electrons. The molecule has 1 fully saturated rings. The molecule has 2 heterocycles. The van der Waals surface area contributed by atoms with Gasteiger partial charge in [-0.25, -0.2) is 0 Å². The second-order valence-electron chi connectivity index (χ2n) is 6.51. The van der Waals surface area contributed by atoms with Gasteiger partial charge in [-0.1, -0.05) is 59.0 Å². The van der Waals surface area contributed by atoms with Crippen LogP contribution in [0, 0.1) is 6.92 Å². The molecule has 0 radical (unpaired) electrons. The summed E-state index contributed by atoms with van der Waals surface area (Å²) < 4.78 is 0.816. The molecule has 0 aliphatic heterocycles. The van der Waals surface area contributed by atoms with Crippen molar-refractivity contribution < 1.29 is 4.79 Å². The zero-order valence-corrected chi connectivity index (χ0v) is 17.3. The molecule has 4 rings (SSSR count). The first-order chi connectivity index (χ1) is 13.2. The van der Waals surface area contributed by atoms with Crippen LogP contribution in [-0.4, -0.2) is 27.9 Å². The van der Waals surface area contributed by atoms with E-state index in [9.17, 15) is 4.79 Å². The number of carbonyl (C=O) groups is 1. The molecule has 0 bridgehead atoms. The Morgan fingerprint density at radius 2 is 2.07 bits per heavy atom. The number of hydrogen-bond acceptors (Lipinski definition) is 7. The Morgan fingerprint density at radius 1 is 1.26 bits per heavy atom. The second kappa shape index (κ2) is 8.41. The maximum atomic E-state index is 12.6. The summed E-state index contributed by atoms with van der Waals surface area (Å²) in [4.78, 5) is 13.7. The first kappa shape index (κ1) is 18.5. The van der Waals surface area contributed by atoms with Gasteiger partial charge < -0.3 is 10.6 Å². The maximum absolute atomic E-state index is 12.6. The molecule has 1 aromatic carbocycles. The van der Waals surface area contributed by atoms with Crippen LogP contribution in [0.1, 0.15) is 34.9 Å². The van der Waals surface area contributed by atoms with Crippen molar-refractivity contribution in [2.24, 2.45) is 0 Å². The van der Waals surface area contributed by atoms with Gasteiger partial charge in [-0.15, -0.1) is 21.5 Å². The van der Waals surface area contributed by atoms with Crippen LogP contribution in [0.15, 0.2) is 46.1 Å². The number of thiophene rings is 1. The Hall–Kier alpha value is -1.90. The number of nitrogens with one attached hydrogen (secondary N) is 2. The van der Waals surface area contributed by atoms with E-state index in [1.165, 1.54) is 41.5 Å². The molecule has 0 saturated heterocycles. The highest BCUT2D eigenvalue weighted by atomic mass is 32.2. The SMILES string of the molecule is Cc1ccc(C(NC(=O)CSc2nnc(NC3CC3)s2)c2cccs2)cc1. The summed E-state index contributed by atoms with van der Waals surface area (Å²) in [6.07, 6.45) is 2.40. The summed E-state index contributed by atoms with van der Waals surface area (Å²) in [7, 11) is 0. The van der Waals surface area contributed by atoms with Crippen LogP contribution in [0.4, 0.5) is 5.13 Å². The van der Waals surface area contributed by atoms with Crippen molar-refractivity contribution in [2.75, 3.05) is 11.1 Å². The molecule has 0 spiro atoms. The number of aromatic nitrogens is 2. The van der Waals surface area contributed by atoms with Gasteiger partial charge in [0.2, 0.25) is 11.0 Å². The average molecular weight is 417 g/mol. The summed E-state index contributed by atoms with van der Waals surface area (Å²) in [6.45, 7) is 2.06. The third-order valence-corrected chi connectivity index (χ3v) is 7.11. The fraction of sp³-hybridized carbons (Fsp3) is 0.316. The van der Waals surface area contributed by atoms with E-state index in [1.807, 2.05) is 11.4 Å². The van der Waals surface area contributed by atoms with Crippen molar-refractivity contribution in [3.8, 4) is 0 Å². The second-order valence-corrected chi connectivity index (χ2v) is 9.69. The Kier molecular flexibility index (Phi) is 5.75. The molecule has 1 aliphatic rings. The number of amides is 1. The van der Waals surface area contributed by atoms with Crippen LogP contribution >= 0.6 is 34.4 Å². The number of carbonyl (C=O) groups excluding carboxylic acids is 1. The van der Waals surface area contributed by atoms with Gasteiger partial charge in [0.15, 0.2) is 4.34 Å². The van der Waals surface area contributed by atoms with Crippen LogP contribution < -0.4 is 10.6 Å². The normalized spacial score (nSPS) is 14.7. The van der Waals surface area contributed by atoms with E-state index < -0.39 is 0 Å². The first-order valence-corrected chi connectivity index (χ1v) is 11.5. The number of benzene rings is 1. The van der Waals surface area contributed by atoms with Crippen molar-refractivity contribution in [1.29, 1.82) is 0 Å². The standard InChI is InChI=1S/C19H20N4OS3/c1-12-4-6-13(7-5-12)17(15-3-2-10-25-15)21-16(24)11-26-19-23-22-18(27-19)20-14-8-9-14/h2-7,10,14,17H,8-9,11H2,1H3,(H,20,22)(H,21,24). The summed E-state index contributed by atoms with van der Waals surface area (Å²) in [5.41, 5.74) is 2.30. The third-order valence-electron chi connectivity index (χ3n) is 4.18. The number of nitrogens with zero attached hydrogens (tertiary/aromatic N) is 2. The average Bonchev–Trinajstić information content (AvgIpc) is 3.13. The van der Waals surface area contributed by atoms with Crippen molar-refractivity contribution in [3.05, 3.63) is 57.8 Å². The molecule has 1 atom stereocenters. The van der Waals surface area contributed by atoms with E-state index in [0.29, 0.717) is 11.8 Å². The van der Waals surface area contributed by atoms with Gasteiger partial charge in [-0.2, -0.15) is 0 Å². The van der Waals surface area contributed by atoms with E-state index in [0.717, 1.165) is 19.9 Å². The topological polar surface area (TPSA) is 66.9 Å². The smallest absolute Gasteiger partial charge is 0.231 e. The molecule has 8 heteroatoms. The predicted octanol–water partition coefficient (Wildman–Crippen LogP) is 4.48. The van der Waals surface area contributed by atoms with E-state index in [1.54, 1.807) is 11.3 Å². The highest BCUT2D eigenvalue weighted by Gasteiger charge is 2.23. The summed E-state index contributed by atoms with van der Waals surface area (Å²) in [6, 6.07) is 12.8. The number of thioether (sulfide) groups is 1. The van der Waals surface area contributed by atoms with Crippen molar-refractivity contribution in [1.82, 2.24) is 15.5 Å². The van der Waals surface area contributed by atoms with Gasteiger partial charge in [-0.3, -0.25) is 4.79 Å². The molecule has 1 aliphatic carbocycles. The highest BCUT2D eigenvalue weighted by molar-refractivity contribution is 8.01. The van der Waals surface area contributed by atoms with Gasteiger partial charge in [-0.05, 0) is 36.8 Å². The van der Waals surface area contributed by atoms with E-state index >= 15 is 0 Å². The zero-order valence-electron chi connectivity index (χ0n) is 14.8. The largest absolute Gasteiger partial charge is 0.357 e. The monoisotopic (exact) mass is 416 g/mol. The molecule has 1 amide bonds. The molecular weight excluding hydrogens is 396 g/mol. The van der Waals surface area contributed by atoms with Crippen LogP contribution in [-0.2, 0) is 4.79 Å². The van der Waals surface area contributed by atoms with Gasteiger partial charge in [0.1, 0.15) is 0 Å². The molecule has 2 aromatic heterocycles. The van der Waals surface area contributed by atoms with Gasteiger partial charge in [0.25, 0.3) is 0 Å². The summed E-state index contributed by atoms with van der Waals surface area (Å²) in [5.74, 6) is 0.317. The van der Waals surface area contributed by atoms with Crippen LogP contribution in [0.5, 0.6) is 0 Å². The molecular formula is C19H20N4OS3. The highest BCUT2D eigenvalue weighted by Crippen LogP contribution is 2.31. The van der Waals surface area contributed by atoms with E-state index in [4.69, 9.17) is 0 Å². The third kappa shape index (κ3) is 5.09. The van der Waals surface area contributed by atoms with Crippen molar-refractivity contribution in [2.45, 2.75) is 36.2 Å². The van der Waals surface area contributed by atoms with E-state index in [-0.39, 0.29) is 11.9 Å². The van der Waals surface area contributed by atoms with E-state index in [2.05, 4.69) is 58.1 Å². The minimum Gasteiger partial charge on any atom is -0.357 e. The number of rotatable bonds is 8. The maximum Gasteiger partial charge on any atom is 0.231 e. The number of aryl methyl sites for hydroxylation is 1. The van der Waals surface area contributed by atoms with Gasteiger partial charge in [0.05, 0.1) is 11.8 Å². The molecule has 27 heavy (non-hydrogen) atoms. The Labute approximate surface area is 170 Å². The lowest BCUT2D eigenvalue weighted by Crippen LogP contribution is -2.30. The predicted molar refractivity (Wildman–Crippen MR) is 113 cm³/mol. The Bertz CT molecular complexity index is 888. The zero-order chi connectivity index (χ0) is 18.6. The Balaban J connectivity index is 1.37. The van der Waals surface area contributed by atoms with Crippen LogP contribution in [0.3, 0.4) is 0 Å². The molecule has 3 aromatic rings. The Morgan fingerprint density at radius 3 is 2.78 bits per heavy atom. The number of anilines is 1. The molecule has 2 N–H and O–H groups in total. The van der Waals surface area contributed by atoms with Crippen molar-refractivity contribution in [3.63, 3.8) is 0 Å². The summed E-state index contributed by atoms with van der Waals surface area (Å²) in [5, 5.41) is 17.7. The molecule has 1 saturated carbocycles. The minimum atomic E-state index is -0.125. The quantitative estimate of drug-likeness (QED) is 0.530. The lowest BCUT2D eigenvalue weighted by Gasteiger charge is -2.18. The fourth-order valence-electron chi connectivity index (χ4n) is 2.59. The van der Waals surface area contributed by atoms with Crippen molar-refractivity contribution >= 4 is 45.5 Å². The summed E-state index contributed by atoms with van der Waals surface area (Å²) >= 11 is 4.59. The minimum absolute atomic E-state index is 0.00845. The lowest BCUT2D eigenvalue weighted by molar-refractivity contribution is -0.119.